The van der Waals surface area contributed by atoms with Crippen LogP contribution in [0.15, 0.2) is 36.4 Å². The van der Waals surface area contributed by atoms with E-state index in [0.717, 1.165) is 10.2 Å². The fraction of sp³-hybridized carbons (Fsp3) is 0.167. The van der Waals surface area contributed by atoms with Crippen LogP contribution >= 0.6 is 11.3 Å². The highest BCUT2D eigenvalue weighted by atomic mass is 32.1. The van der Waals surface area contributed by atoms with E-state index in [-0.39, 0.29) is 5.91 Å². The maximum Gasteiger partial charge on any atom is 0.323 e. The molecule has 0 spiro atoms. The lowest BCUT2D eigenvalue weighted by atomic mass is 10.2. The number of amides is 3. The van der Waals surface area contributed by atoms with Crippen LogP contribution in [0, 0.1) is 0 Å². The van der Waals surface area contributed by atoms with Crippen molar-refractivity contribution in [2.75, 3.05) is 30.2 Å². The predicted octanol–water partition coefficient (Wildman–Crippen LogP) is 3.92. The number of anilines is 3. The minimum atomic E-state index is -0.395. The fourth-order valence-electron chi connectivity index (χ4n) is 2.41. The van der Waals surface area contributed by atoms with Gasteiger partial charge in [-0.1, -0.05) is 11.3 Å². The van der Waals surface area contributed by atoms with Crippen LogP contribution in [-0.2, 0) is 4.79 Å². The molecule has 9 heteroatoms. The summed E-state index contributed by atoms with van der Waals surface area (Å²) in [6.45, 7) is 1.43. The SMILES string of the molecule is COc1ccc(NC(=O)Nc2ccc3nc(NC(C)=O)sc3c2)cc1OC. The molecule has 0 atom stereocenters. The molecule has 0 aliphatic heterocycles. The van der Waals surface area contributed by atoms with Crippen molar-refractivity contribution in [2.45, 2.75) is 6.92 Å². The van der Waals surface area contributed by atoms with Gasteiger partial charge in [-0.25, -0.2) is 9.78 Å². The highest BCUT2D eigenvalue weighted by Gasteiger charge is 2.10. The van der Waals surface area contributed by atoms with Gasteiger partial charge in [-0.05, 0) is 30.3 Å². The average Bonchev–Trinajstić information content (AvgIpc) is 3.02. The van der Waals surface area contributed by atoms with Gasteiger partial charge in [0, 0.05) is 24.4 Å². The number of rotatable bonds is 5. The van der Waals surface area contributed by atoms with Gasteiger partial charge in [-0.15, -0.1) is 0 Å². The van der Waals surface area contributed by atoms with E-state index in [1.54, 1.807) is 43.5 Å². The Bertz CT molecular complexity index is 1000. The summed E-state index contributed by atoms with van der Waals surface area (Å²) >= 11 is 1.33. The van der Waals surface area contributed by atoms with Gasteiger partial charge in [0.25, 0.3) is 0 Å². The first-order valence-corrected chi connectivity index (χ1v) is 8.78. The Morgan fingerprint density at radius 3 is 2.26 bits per heavy atom. The van der Waals surface area contributed by atoms with Gasteiger partial charge in [-0.2, -0.15) is 0 Å². The van der Waals surface area contributed by atoms with Crippen LogP contribution < -0.4 is 25.4 Å². The van der Waals surface area contributed by atoms with Crippen LogP contribution in [0.2, 0.25) is 0 Å². The number of hydrogen-bond donors (Lipinski definition) is 3. The second-order valence-electron chi connectivity index (χ2n) is 5.53. The molecule has 0 unspecified atom stereocenters. The van der Waals surface area contributed by atoms with Crippen LogP contribution in [0.3, 0.4) is 0 Å². The summed E-state index contributed by atoms with van der Waals surface area (Å²) in [4.78, 5) is 27.7. The highest BCUT2D eigenvalue weighted by molar-refractivity contribution is 7.22. The molecular weight excluding hydrogens is 368 g/mol. The largest absolute Gasteiger partial charge is 0.493 e. The van der Waals surface area contributed by atoms with Crippen LogP contribution in [0.1, 0.15) is 6.92 Å². The molecule has 140 valence electrons. The number of nitrogens with one attached hydrogen (secondary N) is 3. The first-order valence-electron chi connectivity index (χ1n) is 7.96. The topological polar surface area (TPSA) is 102 Å². The van der Waals surface area contributed by atoms with Crippen LogP contribution in [0.5, 0.6) is 11.5 Å². The van der Waals surface area contributed by atoms with Crippen molar-refractivity contribution < 1.29 is 19.1 Å². The zero-order chi connectivity index (χ0) is 19.4. The number of carbonyl (C=O) groups excluding carboxylic acids is 2. The van der Waals surface area contributed by atoms with Crippen molar-refractivity contribution in [3.63, 3.8) is 0 Å². The third-order valence-electron chi connectivity index (χ3n) is 3.57. The first kappa shape index (κ1) is 18.5. The molecule has 0 bridgehead atoms. The van der Waals surface area contributed by atoms with Crippen molar-refractivity contribution in [3.05, 3.63) is 36.4 Å². The Labute approximate surface area is 159 Å². The Morgan fingerprint density at radius 2 is 1.59 bits per heavy atom. The van der Waals surface area contributed by atoms with Gasteiger partial charge < -0.3 is 25.4 Å². The van der Waals surface area contributed by atoms with E-state index in [1.165, 1.54) is 25.4 Å². The zero-order valence-electron chi connectivity index (χ0n) is 15.0. The van der Waals surface area contributed by atoms with Crippen molar-refractivity contribution in [1.29, 1.82) is 0 Å². The number of thiazole rings is 1. The van der Waals surface area contributed by atoms with Gasteiger partial charge in [0.2, 0.25) is 5.91 Å². The quantitative estimate of drug-likeness (QED) is 0.617. The number of aromatic nitrogens is 1. The molecule has 1 aromatic heterocycles. The molecule has 0 saturated heterocycles. The van der Waals surface area contributed by atoms with E-state index >= 15 is 0 Å². The Kier molecular flexibility index (Phi) is 5.41. The van der Waals surface area contributed by atoms with Crippen molar-refractivity contribution in [2.24, 2.45) is 0 Å². The number of nitrogens with zero attached hydrogens (tertiary/aromatic N) is 1. The molecule has 0 fully saturated rings. The third-order valence-corrected chi connectivity index (χ3v) is 4.50. The molecule has 0 aliphatic carbocycles. The highest BCUT2D eigenvalue weighted by Crippen LogP contribution is 2.30. The van der Waals surface area contributed by atoms with Gasteiger partial charge >= 0.3 is 6.03 Å². The summed E-state index contributed by atoms with van der Waals surface area (Å²) in [5, 5.41) is 8.68. The smallest absolute Gasteiger partial charge is 0.323 e. The Hall–Kier alpha value is -3.33. The standard InChI is InChI=1S/C18H18N4O4S/c1-10(23)19-18-22-13-6-4-12(9-16(13)27-18)21-17(24)20-11-5-7-14(25-2)15(8-11)26-3/h4-9H,1-3H3,(H,19,22,23)(H2,20,21,24). The lowest BCUT2D eigenvalue weighted by molar-refractivity contribution is -0.114. The van der Waals surface area contributed by atoms with E-state index in [9.17, 15) is 9.59 Å². The fourth-order valence-corrected chi connectivity index (χ4v) is 3.37. The molecule has 0 aliphatic rings. The number of benzene rings is 2. The van der Waals surface area contributed by atoms with E-state index in [0.29, 0.717) is 28.0 Å². The lowest BCUT2D eigenvalue weighted by Gasteiger charge is -2.11. The van der Waals surface area contributed by atoms with Gasteiger partial charge in [0.1, 0.15) is 0 Å². The second-order valence-corrected chi connectivity index (χ2v) is 6.56. The molecule has 1 heterocycles. The number of fused-ring (bicyclic) bond motifs is 1. The minimum absolute atomic E-state index is 0.179. The molecule has 8 nitrogen and oxygen atoms in total. The normalized spacial score (nSPS) is 10.3. The van der Waals surface area contributed by atoms with Crippen LogP contribution in [0.25, 0.3) is 10.2 Å². The molecule has 3 aromatic rings. The maximum absolute atomic E-state index is 12.3. The summed E-state index contributed by atoms with van der Waals surface area (Å²) in [5.41, 5.74) is 1.92. The van der Waals surface area contributed by atoms with Gasteiger partial charge in [-0.3, -0.25) is 4.79 Å². The molecule has 27 heavy (non-hydrogen) atoms. The number of ether oxygens (including phenoxy) is 2. The van der Waals surface area contributed by atoms with E-state index in [4.69, 9.17) is 9.47 Å². The molecule has 3 amide bonds. The summed E-state index contributed by atoms with van der Waals surface area (Å²) in [6.07, 6.45) is 0. The van der Waals surface area contributed by atoms with Crippen LogP contribution in [-0.4, -0.2) is 31.1 Å². The number of hydrogen-bond acceptors (Lipinski definition) is 6. The lowest BCUT2D eigenvalue weighted by Crippen LogP contribution is -2.19. The summed E-state index contributed by atoms with van der Waals surface area (Å²) in [7, 11) is 3.08. The molecule has 0 radical (unpaired) electrons. The molecular formula is C18H18N4O4S. The predicted molar refractivity (Wildman–Crippen MR) is 106 cm³/mol. The summed E-state index contributed by atoms with van der Waals surface area (Å²) in [5.74, 6) is 0.919. The summed E-state index contributed by atoms with van der Waals surface area (Å²) in [6, 6.07) is 10.0. The van der Waals surface area contributed by atoms with Crippen molar-refractivity contribution in [3.8, 4) is 11.5 Å². The van der Waals surface area contributed by atoms with Crippen molar-refractivity contribution in [1.82, 2.24) is 4.98 Å². The maximum atomic E-state index is 12.3. The number of methoxy groups -OCH3 is 2. The number of urea groups is 1. The van der Waals surface area contributed by atoms with Crippen LogP contribution in [0.4, 0.5) is 21.3 Å². The second kappa shape index (κ2) is 7.92. The van der Waals surface area contributed by atoms with E-state index in [1.807, 2.05) is 0 Å². The van der Waals surface area contributed by atoms with Gasteiger partial charge in [0.05, 0.1) is 24.4 Å². The molecule has 2 aromatic carbocycles. The average molecular weight is 386 g/mol. The van der Waals surface area contributed by atoms with Crippen molar-refractivity contribution >= 4 is 50.0 Å². The molecule has 3 N–H and O–H groups in total. The first-order chi connectivity index (χ1) is 13.0. The zero-order valence-corrected chi connectivity index (χ0v) is 15.8. The third kappa shape index (κ3) is 4.45. The minimum Gasteiger partial charge on any atom is -0.493 e. The van der Waals surface area contributed by atoms with Gasteiger partial charge in [0.15, 0.2) is 16.6 Å². The number of carbonyl (C=O) groups is 2. The monoisotopic (exact) mass is 386 g/mol. The van der Waals surface area contributed by atoms with E-state index < -0.39 is 6.03 Å². The molecule has 3 rings (SSSR count). The molecule has 0 saturated carbocycles. The Balaban J connectivity index is 1.71. The van der Waals surface area contributed by atoms with E-state index in [2.05, 4.69) is 20.9 Å². The summed E-state index contributed by atoms with van der Waals surface area (Å²) < 4.78 is 11.2. The Morgan fingerprint density at radius 1 is 0.926 bits per heavy atom.